The van der Waals surface area contributed by atoms with Gasteiger partial charge in [0.15, 0.2) is 0 Å². The second kappa shape index (κ2) is 5.11. The highest BCUT2D eigenvalue weighted by Gasteiger charge is 2.22. The van der Waals surface area contributed by atoms with E-state index in [1.807, 2.05) is 6.92 Å². The topological polar surface area (TPSA) is 80.5 Å². The summed E-state index contributed by atoms with van der Waals surface area (Å²) in [5.74, 6) is 5.73. The fourth-order valence-corrected chi connectivity index (χ4v) is 1.79. The van der Waals surface area contributed by atoms with Gasteiger partial charge >= 0.3 is 0 Å². The number of nitrogens with zero attached hydrogens (tertiary/aromatic N) is 2. The largest absolute Gasteiger partial charge is 0.375 e. The first-order valence-electron chi connectivity index (χ1n) is 5.54. The molecule has 6 nitrogen and oxygen atoms in total. The van der Waals surface area contributed by atoms with Crippen LogP contribution >= 0.6 is 0 Å². The van der Waals surface area contributed by atoms with Gasteiger partial charge < -0.3 is 15.1 Å². The van der Waals surface area contributed by atoms with Crippen LogP contribution in [0.4, 0.5) is 5.82 Å². The number of amides is 1. The van der Waals surface area contributed by atoms with E-state index in [0.29, 0.717) is 31.1 Å². The maximum absolute atomic E-state index is 12.1. The Kier molecular flexibility index (Phi) is 3.55. The first-order valence-corrected chi connectivity index (χ1v) is 5.54. The van der Waals surface area contributed by atoms with Gasteiger partial charge in [0, 0.05) is 19.3 Å². The molecule has 1 fully saturated rings. The molecular formula is C11H16N4O2. The van der Waals surface area contributed by atoms with Crippen LogP contribution in [0.2, 0.25) is 0 Å². The Balaban J connectivity index is 2.07. The normalized spacial score (nSPS) is 20.1. The smallest absolute Gasteiger partial charge is 0.255 e. The molecule has 1 saturated heterocycles. The van der Waals surface area contributed by atoms with Crippen molar-refractivity contribution in [1.82, 2.24) is 9.88 Å². The second-order valence-electron chi connectivity index (χ2n) is 4.01. The molecule has 6 heteroatoms. The zero-order valence-electron chi connectivity index (χ0n) is 9.72. The molecule has 0 aliphatic carbocycles. The first-order chi connectivity index (χ1) is 8.20. The number of hydrogen-bond donors (Lipinski definition) is 2. The molecule has 1 aliphatic rings. The van der Waals surface area contributed by atoms with E-state index in [9.17, 15) is 4.79 Å². The van der Waals surface area contributed by atoms with Crippen molar-refractivity contribution >= 4 is 11.7 Å². The quantitative estimate of drug-likeness (QED) is 0.567. The van der Waals surface area contributed by atoms with Gasteiger partial charge in [-0.3, -0.25) is 4.79 Å². The van der Waals surface area contributed by atoms with Gasteiger partial charge in [-0.1, -0.05) is 0 Å². The average Bonchev–Trinajstić information content (AvgIpc) is 2.38. The van der Waals surface area contributed by atoms with Crippen molar-refractivity contribution < 1.29 is 9.53 Å². The summed E-state index contributed by atoms with van der Waals surface area (Å²) >= 11 is 0. The van der Waals surface area contributed by atoms with E-state index in [4.69, 9.17) is 10.6 Å². The Hall–Kier alpha value is -1.66. The summed E-state index contributed by atoms with van der Waals surface area (Å²) in [5.41, 5.74) is 2.99. The Labute approximate surface area is 99.7 Å². The van der Waals surface area contributed by atoms with Crippen LogP contribution in [0.25, 0.3) is 0 Å². The number of nitrogens with one attached hydrogen (secondary N) is 1. The highest BCUT2D eigenvalue weighted by molar-refractivity contribution is 5.94. The number of carbonyl (C=O) groups is 1. The van der Waals surface area contributed by atoms with E-state index < -0.39 is 0 Å². The summed E-state index contributed by atoms with van der Waals surface area (Å²) in [6.45, 7) is 3.79. The van der Waals surface area contributed by atoms with Gasteiger partial charge in [-0.25, -0.2) is 10.8 Å². The van der Waals surface area contributed by atoms with Crippen LogP contribution in [-0.2, 0) is 4.74 Å². The van der Waals surface area contributed by atoms with E-state index in [1.54, 1.807) is 17.0 Å². The highest BCUT2D eigenvalue weighted by atomic mass is 16.5. The molecule has 0 radical (unpaired) electrons. The number of rotatable bonds is 2. The van der Waals surface area contributed by atoms with Gasteiger partial charge in [-0.15, -0.1) is 0 Å². The predicted octanol–water partition coefficient (Wildman–Crippen LogP) is 0.228. The molecule has 2 rings (SSSR count). The second-order valence-corrected chi connectivity index (χ2v) is 4.01. The minimum absolute atomic E-state index is 0.0174. The van der Waals surface area contributed by atoms with Gasteiger partial charge in [-0.2, -0.15) is 0 Å². The van der Waals surface area contributed by atoms with Crippen molar-refractivity contribution in [1.29, 1.82) is 0 Å². The van der Waals surface area contributed by atoms with Crippen molar-refractivity contribution in [2.24, 2.45) is 5.84 Å². The van der Waals surface area contributed by atoms with Gasteiger partial charge in [0.05, 0.1) is 18.3 Å². The summed E-state index contributed by atoms with van der Waals surface area (Å²) in [5, 5.41) is 0. The molecule has 3 N–H and O–H groups in total. The predicted molar refractivity (Wildman–Crippen MR) is 63.4 cm³/mol. The first kappa shape index (κ1) is 11.8. The van der Waals surface area contributed by atoms with Crippen LogP contribution in [-0.4, -0.2) is 41.6 Å². The molecule has 1 aliphatic heterocycles. The Morgan fingerprint density at radius 2 is 2.47 bits per heavy atom. The third-order valence-corrected chi connectivity index (χ3v) is 2.69. The SMILES string of the molecule is CC1CN(C(=O)c2ccc(NN)nc2)CCO1. The number of nitrogen functional groups attached to an aromatic ring is 1. The molecule has 1 atom stereocenters. The molecule has 1 amide bonds. The van der Waals surface area contributed by atoms with Crippen molar-refractivity contribution in [3.8, 4) is 0 Å². The van der Waals surface area contributed by atoms with Crippen molar-refractivity contribution in [2.45, 2.75) is 13.0 Å². The lowest BCUT2D eigenvalue weighted by atomic mass is 10.2. The molecule has 2 heterocycles. The van der Waals surface area contributed by atoms with Gasteiger partial charge in [-0.05, 0) is 19.1 Å². The number of anilines is 1. The number of hydrogen-bond acceptors (Lipinski definition) is 5. The molecule has 1 unspecified atom stereocenters. The van der Waals surface area contributed by atoms with Crippen LogP contribution in [0.3, 0.4) is 0 Å². The number of nitrogens with two attached hydrogens (primary N) is 1. The number of aromatic nitrogens is 1. The molecular weight excluding hydrogens is 220 g/mol. The van der Waals surface area contributed by atoms with Crippen LogP contribution in [0.1, 0.15) is 17.3 Å². The van der Waals surface area contributed by atoms with Crippen LogP contribution < -0.4 is 11.3 Å². The van der Waals surface area contributed by atoms with E-state index in [0.717, 1.165) is 0 Å². The molecule has 1 aromatic rings. The van der Waals surface area contributed by atoms with Gasteiger partial charge in [0.25, 0.3) is 5.91 Å². The lowest BCUT2D eigenvalue weighted by Crippen LogP contribution is -2.44. The van der Waals surface area contributed by atoms with Crippen molar-refractivity contribution in [3.05, 3.63) is 23.9 Å². The monoisotopic (exact) mass is 236 g/mol. The summed E-state index contributed by atoms with van der Waals surface area (Å²) < 4.78 is 5.39. The lowest BCUT2D eigenvalue weighted by Gasteiger charge is -2.31. The van der Waals surface area contributed by atoms with Crippen molar-refractivity contribution in [3.63, 3.8) is 0 Å². The van der Waals surface area contributed by atoms with Crippen LogP contribution in [0.5, 0.6) is 0 Å². The molecule has 1 aromatic heterocycles. The van der Waals surface area contributed by atoms with Crippen molar-refractivity contribution in [2.75, 3.05) is 25.1 Å². The fourth-order valence-electron chi connectivity index (χ4n) is 1.79. The van der Waals surface area contributed by atoms with Crippen LogP contribution in [0.15, 0.2) is 18.3 Å². The van der Waals surface area contributed by atoms with E-state index >= 15 is 0 Å². The summed E-state index contributed by atoms with van der Waals surface area (Å²) in [6.07, 6.45) is 1.61. The highest BCUT2D eigenvalue weighted by Crippen LogP contribution is 2.11. The molecule has 0 spiro atoms. The third-order valence-electron chi connectivity index (χ3n) is 2.69. The Morgan fingerprint density at radius 3 is 3.06 bits per heavy atom. The number of pyridine rings is 1. The van der Waals surface area contributed by atoms with Gasteiger partial charge in [0.1, 0.15) is 5.82 Å². The van der Waals surface area contributed by atoms with E-state index in [2.05, 4.69) is 10.4 Å². The molecule has 0 aromatic carbocycles. The molecule has 0 saturated carbocycles. The fraction of sp³-hybridized carbons (Fsp3) is 0.455. The number of carbonyl (C=O) groups excluding carboxylic acids is 1. The minimum atomic E-state index is -0.0174. The molecule has 92 valence electrons. The summed E-state index contributed by atoms with van der Waals surface area (Å²) in [7, 11) is 0. The third kappa shape index (κ3) is 2.72. The average molecular weight is 236 g/mol. The maximum atomic E-state index is 12.1. The molecule has 17 heavy (non-hydrogen) atoms. The maximum Gasteiger partial charge on any atom is 0.255 e. The lowest BCUT2D eigenvalue weighted by molar-refractivity contribution is -0.0124. The van der Waals surface area contributed by atoms with Crippen LogP contribution in [0, 0.1) is 0 Å². The zero-order chi connectivity index (χ0) is 12.3. The Bertz CT molecular complexity index is 393. The minimum Gasteiger partial charge on any atom is -0.375 e. The van der Waals surface area contributed by atoms with E-state index in [-0.39, 0.29) is 12.0 Å². The summed E-state index contributed by atoms with van der Waals surface area (Å²) in [4.78, 5) is 17.9. The molecule has 0 bridgehead atoms. The number of ether oxygens (including phenoxy) is 1. The standard InChI is InChI=1S/C11H16N4O2/c1-8-7-15(4-5-17-8)11(16)9-2-3-10(14-12)13-6-9/h2-3,6,8H,4-5,7,12H2,1H3,(H,13,14). The van der Waals surface area contributed by atoms with Gasteiger partial charge in [0.2, 0.25) is 0 Å². The summed E-state index contributed by atoms with van der Waals surface area (Å²) in [6, 6.07) is 3.39. The number of morpholine rings is 1. The van der Waals surface area contributed by atoms with E-state index in [1.165, 1.54) is 6.20 Å². The zero-order valence-corrected chi connectivity index (χ0v) is 9.72. The number of hydrazine groups is 1. The Morgan fingerprint density at radius 1 is 1.65 bits per heavy atom.